The van der Waals surface area contributed by atoms with Gasteiger partial charge in [0.05, 0.1) is 11.5 Å². The van der Waals surface area contributed by atoms with Crippen LogP contribution in [-0.4, -0.2) is 26.5 Å². The van der Waals surface area contributed by atoms with Crippen molar-refractivity contribution in [1.29, 1.82) is 5.26 Å². The summed E-state index contributed by atoms with van der Waals surface area (Å²) in [5.74, 6) is -0.124. The van der Waals surface area contributed by atoms with E-state index in [-0.39, 0.29) is 11.8 Å². The molecule has 96 valence electrons. The zero-order chi connectivity index (χ0) is 13.7. The fraction of sp³-hybridized carbons (Fsp3) is 0.385. The molecule has 0 heterocycles. The molecule has 0 aliphatic heterocycles. The zero-order valence-corrected chi connectivity index (χ0v) is 10.9. The van der Waals surface area contributed by atoms with Gasteiger partial charge in [0.1, 0.15) is 6.07 Å². The molecule has 0 bridgehead atoms. The molecule has 0 saturated carbocycles. The standard InChI is InChI=1S/C13H18N4O/c1-9(13(18)16-2)8-17(3)11-4-5-12(15)10(6-11)7-14/h4-6,9H,8,15H2,1-3H3,(H,16,18). The lowest BCUT2D eigenvalue weighted by Crippen LogP contribution is -2.34. The van der Waals surface area contributed by atoms with Crippen LogP contribution >= 0.6 is 0 Å². The molecule has 3 N–H and O–H groups in total. The number of nitrogens with two attached hydrogens (primary N) is 1. The van der Waals surface area contributed by atoms with E-state index in [4.69, 9.17) is 11.0 Å². The first-order chi connectivity index (χ1) is 8.49. The molecule has 0 spiro atoms. The molecule has 1 aromatic carbocycles. The summed E-state index contributed by atoms with van der Waals surface area (Å²) in [4.78, 5) is 13.4. The molecule has 1 unspecified atom stereocenters. The minimum atomic E-state index is -0.122. The lowest BCUT2D eigenvalue weighted by Gasteiger charge is -2.23. The summed E-state index contributed by atoms with van der Waals surface area (Å²) in [6.45, 7) is 2.44. The van der Waals surface area contributed by atoms with E-state index in [1.807, 2.05) is 31.0 Å². The maximum Gasteiger partial charge on any atom is 0.224 e. The Balaban J connectivity index is 2.82. The molecule has 1 amide bonds. The number of nitriles is 1. The molecule has 0 saturated heterocycles. The third-order valence-corrected chi connectivity index (χ3v) is 2.84. The molecule has 1 rings (SSSR count). The van der Waals surface area contributed by atoms with Crippen LogP contribution in [0.15, 0.2) is 18.2 Å². The van der Waals surface area contributed by atoms with Crippen molar-refractivity contribution in [2.24, 2.45) is 5.92 Å². The molecule has 18 heavy (non-hydrogen) atoms. The van der Waals surface area contributed by atoms with E-state index < -0.39 is 0 Å². The van der Waals surface area contributed by atoms with Gasteiger partial charge in [0.2, 0.25) is 5.91 Å². The van der Waals surface area contributed by atoms with Gasteiger partial charge in [0.25, 0.3) is 0 Å². The summed E-state index contributed by atoms with van der Waals surface area (Å²) in [5.41, 5.74) is 7.46. The van der Waals surface area contributed by atoms with Crippen molar-refractivity contribution in [3.63, 3.8) is 0 Å². The Hall–Kier alpha value is -2.22. The maximum atomic E-state index is 11.4. The number of nitrogens with zero attached hydrogens (tertiary/aromatic N) is 2. The molecular formula is C13H18N4O. The predicted molar refractivity (Wildman–Crippen MR) is 72.1 cm³/mol. The number of hydrogen-bond donors (Lipinski definition) is 2. The monoisotopic (exact) mass is 246 g/mol. The van der Waals surface area contributed by atoms with Gasteiger partial charge in [-0.3, -0.25) is 4.79 Å². The van der Waals surface area contributed by atoms with E-state index in [1.54, 1.807) is 19.2 Å². The Morgan fingerprint density at radius 1 is 1.61 bits per heavy atom. The normalized spacial score (nSPS) is 11.4. The number of nitrogen functional groups attached to an aromatic ring is 1. The molecular weight excluding hydrogens is 228 g/mol. The van der Waals surface area contributed by atoms with Crippen LogP contribution in [0, 0.1) is 17.2 Å². The SMILES string of the molecule is CNC(=O)C(C)CN(C)c1ccc(N)c(C#N)c1. The van der Waals surface area contributed by atoms with Crippen LogP contribution in [0.25, 0.3) is 0 Å². The van der Waals surface area contributed by atoms with Crippen molar-refractivity contribution in [2.45, 2.75) is 6.92 Å². The van der Waals surface area contributed by atoms with Crippen LogP contribution in [-0.2, 0) is 4.79 Å². The lowest BCUT2D eigenvalue weighted by molar-refractivity contribution is -0.123. The van der Waals surface area contributed by atoms with Gasteiger partial charge in [-0.1, -0.05) is 6.92 Å². The first-order valence-electron chi connectivity index (χ1n) is 5.72. The minimum absolute atomic E-state index is 0.00204. The highest BCUT2D eigenvalue weighted by molar-refractivity contribution is 5.78. The van der Waals surface area contributed by atoms with Gasteiger partial charge < -0.3 is 16.0 Å². The van der Waals surface area contributed by atoms with E-state index >= 15 is 0 Å². The number of rotatable bonds is 4. The van der Waals surface area contributed by atoms with Gasteiger partial charge >= 0.3 is 0 Å². The summed E-state index contributed by atoms with van der Waals surface area (Å²) < 4.78 is 0. The number of carbonyl (C=O) groups is 1. The van der Waals surface area contributed by atoms with Gasteiger partial charge in [0, 0.05) is 32.0 Å². The van der Waals surface area contributed by atoms with Gasteiger partial charge in [-0.25, -0.2) is 0 Å². The van der Waals surface area contributed by atoms with Crippen molar-refractivity contribution in [2.75, 3.05) is 31.3 Å². The van der Waals surface area contributed by atoms with Crippen LogP contribution in [0.3, 0.4) is 0 Å². The molecule has 0 radical (unpaired) electrons. The second-order valence-corrected chi connectivity index (χ2v) is 4.28. The molecule has 5 nitrogen and oxygen atoms in total. The number of hydrogen-bond acceptors (Lipinski definition) is 4. The van der Waals surface area contributed by atoms with E-state index in [9.17, 15) is 4.79 Å². The van der Waals surface area contributed by atoms with E-state index in [1.165, 1.54) is 0 Å². The predicted octanol–water partition coefficient (Wildman–Crippen LogP) is 0.959. The highest BCUT2D eigenvalue weighted by atomic mass is 16.1. The topological polar surface area (TPSA) is 82.2 Å². The van der Waals surface area contributed by atoms with E-state index in [0.717, 1.165) is 5.69 Å². The Kier molecular flexibility index (Phi) is 4.55. The largest absolute Gasteiger partial charge is 0.398 e. The fourth-order valence-corrected chi connectivity index (χ4v) is 1.72. The van der Waals surface area contributed by atoms with Gasteiger partial charge in [0.15, 0.2) is 0 Å². The molecule has 0 aliphatic carbocycles. The van der Waals surface area contributed by atoms with Crippen LogP contribution < -0.4 is 16.0 Å². The van der Waals surface area contributed by atoms with Crippen LogP contribution in [0.4, 0.5) is 11.4 Å². The summed E-state index contributed by atoms with van der Waals surface area (Å²) in [6, 6.07) is 7.32. The number of amides is 1. The zero-order valence-electron chi connectivity index (χ0n) is 10.9. The Morgan fingerprint density at radius 2 is 2.28 bits per heavy atom. The molecule has 5 heteroatoms. The van der Waals surface area contributed by atoms with Crippen molar-refractivity contribution in [3.8, 4) is 6.07 Å². The summed E-state index contributed by atoms with van der Waals surface area (Å²) in [6.07, 6.45) is 0. The fourth-order valence-electron chi connectivity index (χ4n) is 1.72. The Morgan fingerprint density at radius 3 is 2.83 bits per heavy atom. The van der Waals surface area contributed by atoms with Gasteiger partial charge in [-0.15, -0.1) is 0 Å². The second-order valence-electron chi connectivity index (χ2n) is 4.28. The van der Waals surface area contributed by atoms with Crippen molar-refractivity contribution in [3.05, 3.63) is 23.8 Å². The molecule has 1 atom stereocenters. The molecule has 0 aromatic heterocycles. The van der Waals surface area contributed by atoms with Gasteiger partial charge in [-0.05, 0) is 18.2 Å². The third-order valence-electron chi connectivity index (χ3n) is 2.84. The van der Waals surface area contributed by atoms with Crippen molar-refractivity contribution >= 4 is 17.3 Å². The number of carbonyl (C=O) groups excluding carboxylic acids is 1. The van der Waals surface area contributed by atoms with Crippen molar-refractivity contribution in [1.82, 2.24) is 5.32 Å². The quantitative estimate of drug-likeness (QED) is 0.775. The second kappa shape index (κ2) is 5.92. The highest BCUT2D eigenvalue weighted by Crippen LogP contribution is 2.20. The summed E-state index contributed by atoms with van der Waals surface area (Å²) in [7, 11) is 3.50. The Labute approximate surface area is 107 Å². The van der Waals surface area contributed by atoms with E-state index in [0.29, 0.717) is 17.8 Å². The van der Waals surface area contributed by atoms with E-state index in [2.05, 4.69) is 5.32 Å². The van der Waals surface area contributed by atoms with Crippen LogP contribution in [0.1, 0.15) is 12.5 Å². The highest BCUT2D eigenvalue weighted by Gasteiger charge is 2.14. The molecule has 0 fully saturated rings. The third kappa shape index (κ3) is 3.14. The summed E-state index contributed by atoms with van der Waals surface area (Å²) >= 11 is 0. The average Bonchev–Trinajstić information content (AvgIpc) is 2.37. The molecule has 1 aromatic rings. The van der Waals surface area contributed by atoms with Crippen LogP contribution in [0.5, 0.6) is 0 Å². The Bertz CT molecular complexity index is 478. The first-order valence-corrected chi connectivity index (χ1v) is 5.72. The number of benzene rings is 1. The number of nitrogens with one attached hydrogen (secondary N) is 1. The van der Waals surface area contributed by atoms with Gasteiger partial charge in [-0.2, -0.15) is 5.26 Å². The minimum Gasteiger partial charge on any atom is -0.398 e. The average molecular weight is 246 g/mol. The van der Waals surface area contributed by atoms with Crippen LogP contribution in [0.2, 0.25) is 0 Å². The summed E-state index contributed by atoms with van der Waals surface area (Å²) in [5, 5.41) is 11.5. The molecule has 0 aliphatic rings. The maximum absolute atomic E-state index is 11.4. The first kappa shape index (κ1) is 13.8. The smallest absolute Gasteiger partial charge is 0.224 e. The number of anilines is 2. The van der Waals surface area contributed by atoms with Crippen molar-refractivity contribution < 1.29 is 4.79 Å². The lowest BCUT2D eigenvalue weighted by atomic mass is 10.1.